The highest BCUT2D eigenvalue weighted by molar-refractivity contribution is 8.26. The number of hydrogen-bond donors (Lipinski definition) is 5. The van der Waals surface area contributed by atoms with Crippen molar-refractivity contribution >= 4 is 63.8 Å². The van der Waals surface area contributed by atoms with E-state index in [0.29, 0.717) is 15.8 Å². The number of carboxylic acid groups (broad SMARTS) is 2. The minimum Gasteiger partial charge on any atom is -0.481 e. The van der Waals surface area contributed by atoms with Gasteiger partial charge in [-0.05, 0) is 47.9 Å². The third-order valence-electron chi connectivity index (χ3n) is 4.79. The Hall–Kier alpha value is -3.70. The molecule has 1 aliphatic heterocycles. The first-order chi connectivity index (χ1) is 16.2. The Kier molecular flexibility index (Phi) is 8.39. The minimum absolute atomic E-state index is 0.208. The molecule has 0 aliphatic carbocycles. The minimum atomic E-state index is -1.29. The average molecular weight is 500 g/mol. The molecule has 3 rings (SSSR count). The molecular formula is C23H21N3O6S2. The smallest absolute Gasteiger partial charge is 0.326 e. The van der Waals surface area contributed by atoms with Crippen LogP contribution in [-0.4, -0.2) is 44.3 Å². The molecule has 0 spiro atoms. The summed E-state index contributed by atoms with van der Waals surface area (Å²) >= 11 is 6.19. The van der Waals surface area contributed by atoms with Crippen molar-refractivity contribution in [3.8, 4) is 0 Å². The van der Waals surface area contributed by atoms with Gasteiger partial charge in [0.2, 0.25) is 0 Å². The Morgan fingerprint density at radius 2 is 1.85 bits per heavy atom. The summed E-state index contributed by atoms with van der Waals surface area (Å²) in [7, 11) is 0. The van der Waals surface area contributed by atoms with E-state index in [1.54, 1.807) is 24.3 Å². The number of thioether (sulfide) groups is 1. The molecule has 176 valence electrons. The number of carbonyl (C=O) groups excluding carboxylic acids is 2. The molecule has 1 aliphatic rings. The molecule has 2 aromatic rings. The molecule has 1 atom stereocenters. The van der Waals surface area contributed by atoms with E-state index in [9.17, 15) is 24.3 Å². The third kappa shape index (κ3) is 7.15. The summed E-state index contributed by atoms with van der Waals surface area (Å²) in [6.07, 6.45) is 1.18. The van der Waals surface area contributed by atoms with Crippen LogP contribution in [0.25, 0.3) is 6.08 Å². The maximum absolute atomic E-state index is 12.5. The van der Waals surface area contributed by atoms with Crippen molar-refractivity contribution in [2.75, 3.05) is 5.32 Å². The molecule has 1 saturated heterocycles. The Morgan fingerprint density at radius 1 is 1.12 bits per heavy atom. The van der Waals surface area contributed by atoms with Crippen molar-refractivity contribution < 1.29 is 29.4 Å². The number of aliphatic carboxylic acids is 2. The lowest BCUT2D eigenvalue weighted by molar-refractivity contribution is -0.140. The molecule has 0 bridgehead atoms. The molecule has 34 heavy (non-hydrogen) atoms. The normalized spacial score (nSPS) is 15.0. The molecule has 1 heterocycles. The number of carbonyl (C=O) groups is 4. The van der Waals surface area contributed by atoms with Gasteiger partial charge in [-0.3, -0.25) is 14.4 Å². The SMILES string of the molecule is O=C(O)CC[C@@H](NC(=O)c1cccc(CNc2ccc(/C=C3\SC(=S)NC3=O)cc2)c1)C(=O)O. The molecule has 1 fully saturated rings. The number of anilines is 1. The van der Waals surface area contributed by atoms with Crippen LogP contribution in [0.4, 0.5) is 5.69 Å². The van der Waals surface area contributed by atoms with E-state index in [0.717, 1.165) is 16.8 Å². The summed E-state index contributed by atoms with van der Waals surface area (Å²) in [4.78, 5) is 46.8. The van der Waals surface area contributed by atoms with Gasteiger partial charge < -0.3 is 26.2 Å². The highest BCUT2D eigenvalue weighted by atomic mass is 32.2. The van der Waals surface area contributed by atoms with Crippen molar-refractivity contribution in [3.05, 3.63) is 70.1 Å². The quantitative estimate of drug-likeness (QED) is 0.246. The molecule has 2 aromatic carbocycles. The van der Waals surface area contributed by atoms with Crippen LogP contribution in [0, 0.1) is 0 Å². The lowest BCUT2D eigenvalue weighted by Crippen LogP contribution is -2.41. The standard InChI is InChI=1S/C23H21N3O6S2/c27-19(28)9-8-17(22(31)32)25-20(29)15-3-1-2-14(10-15)12-24-16-6-4-13(5-7-16)11-18-21(30)26-23(33)34-18/h1-7,10-11,17,24H,8-9,12H2,(H,25,29)(H,27,28)(H,31,32)(H,26,30,33)/b18-11-/t17-/m1/s1. The van der Waals surface area contributed by atoms with Crippen LogP contribution in [0.3, 0.4) is 0 Å². The summed E-state index contributed by atoms with van der Waals surface area (Å²) in [5, 5.41) is 26.1. The molecule has 11 heteroatoms. The van der Waals surface area contributed by atoms with E-state index in [-0.39, 0.29) is 24.3 Å². The van der Waals surface area contributed by atoms with Crippen LogP contribution in [0.5, 0.6) is 0 Å². The van der Waals surface area contributed by atoms with E-state index >= 15 is 0 Å². The maximum atomic E-state index is 12.5. The largest absolute Gasteiger partial charge is 0.481 e. The fraction of sp³-hybridized carbons (Fsp3) is 0.174. The van der Waals surface area contributed by atoms with Crippen molar-refractivity contribution in [2.45, 2.75) is 25.4 Å². The van der Waals surface area contributed by atoms with Crippen molar-refractivity contribution in [1.82, 2.24) is 10.6 Å². The molecule has 0 aromatic heterocycles. The average Bonchev–Trinajstić information content (AvgIpc) is 3.12. The van der Waals surface area contributed by atoms with Gasteiger partial charge in [-0.1, -0.05) is 48.2 Å². The van der Waals surface area contributed by atoms with E-state index in [1.807, 2.05) is 30.3 Å². The second-order valence-corrected chi connectivity index (χ2v) is 9.04. The predicted octanol–water partition coefficient (Wildman–Crippen LogP) is 2.84. The van der Waals surface area contributed by atoms with Gasteiger partial charge in [-0.2, -0.15) is 0 Å². The Bertz CT molecular complexity index is 1160. The Balaban J connectivity index is 1.59. The molecule has 5 N–H and O–H groups in total. The van der Waals surface area contributed by atoms with Crippen LogP contribution in [0.15, 0.2) is 53.4 Å². The van der Waals surface area contributed by atoms with Gasteiger partial charge in [0.1, 0.15) is 10.4 Å². The molecule has 2 amide bonds. The lowest BCUT2D eigenvalue weighted by atomic mass is 10.1. The highest BCUT2D eigenvalue weighted by Gasteiger charge is 2.22. The molecule has 0 radical (unpaired) electrons. The zero-order chi connectivity index (χ0) is 24.7. The Labute approximate surface area is 204 Å². The first-order valence-electron chi connectivity index (χ1n) is 10.1. The summed E-state index contributed by atoms with van der Waals surface area (Å²) in [6, 6.07) is 12.8. The number of benzene rings is 2. The van der Waals surface area contributed by atoms with Crippen LogP contribution in [0.2, 0.25) is 0 Å². The van der Waals surface area contributed by atoms with Crippen molar-refractivity contribution in [2.24, 2.45) is 0 Å². The number of rotatable bonds is 10. The number of nitrogens with one attached hydrogen (secondary N) is 3. The third-order valence-corrected chi connectivity index (χ3v) is 5.95. The van der Waals surface area contributed by atoms with Gasteiger partial charge in [0, 0.05) is 24.2 Å². The summed E-state index contributed by atoms with van der Waals surface area (Å²) < 4.78 is 0.434. The summed E-state index contributed by atoms with van der Waals surface area (Å²) in [5.74, 6) is -3.23. The van der Waals surface area contributed by atoms with E-state index in [2.05, 4.69) is 16.0 Å². The predicted molar refractivity (Wildman–Crippen MR) is 132 cm³/mol. The van der Waals surface area contributed by atoms with Gasteiger partial charge in [0.25, 0.3) is 11.8 Å². The first kappa shape index (κ1) is 24.9. The molecular weight excluding hydrogens is 478 g/mol. The van der Waals surface area contributed by atoms with Gasteiger partial charge in [0.05, 0.1) is 4.91 Å². The summed E-state index contributed by atoms with van der Waals surface area (Å²) in [6.45, 7) is 0.412. The molecule has 9 nitrogen and oxygen atoms in total. The monoisotopic (exact) mass is 499 g/mol. The number of carboxylic acids is 2. The maximum Gasteiger partial charge on any atom is 0.326 e. The number of amides is 2. The number of thiocarbonyl (C=S) groups is 1. The van der Waals surface area contributed by atoms with Gasteiger partial charge in [-0.15, -0.1) is 0 Å². The van der Waals surface area contributed by atoms with E-state index in [1.165, 1.54) is 11.8 Å². The van der Waals surface area contributed by atoms with Crippen LogP contribution >= 0.6 is 24.0 Å². The van der Waals surface area contributed by atoms with Crippen molar-refractivity contribution in [1.29, 1.82) is 0 Å². The van der Waals surface area contributed by atoms with Gasteiger partial charge in [-0.25, -0.2) is 4.79 Å². The number of hydrogen-bond acceptors (Lipinski definition) is 7. The second kappa shape index (κ2) is 11.4. The fourth-order valence-corrected chi connectivity index (χ4v) is 4.11. The van der Waals surface area contributed by atoms with Crippen LogP contribution < -0.4 is 16.0 Å². The van der Waals surface area contributed by atoms with Crippen LogP contribution in [-0.2, 0) is 20.9 Å². The van der Waals surface area contributed by atoms with E-state index in [4.69, 9.17) is 17.3 Å². The zero-order valence-corrected chi connectivity index (χ0v) is 19.4. The van der Waals surface area contributed by atoms with Gasteiger partial charge in [0.15, 0.2) is 0 Å². The lowest BCUT2D eigenvalue weighted by Gasteiger charge is -2.14. The van der Waals surface area contributed by atoms with Gasteiger partial charge >= 0.3 is 11.9 Å². The first-order valence-corrected chi connectivity index (χ1v) is 11.4. The van der Waals surface area contributed by atoms with E-state index < -0.39 is 23.9 Å². The molecule has 0 unspecified atom stereocenters. The summed E-state index contributed by atoms with van der Waals surface area (Å²) in [5.41, 5.74) is 2.75. The van der Waals surface area contributed by atoms with Crippen molar-refractivity contribution in [3.63, 3.8) is 0 Å². The topological polar surface area (TPSA) is 145 Å². The fourth-order valence-electron chi connectivity index (χ4n) is 3.06. The second-order valence-electron chi connectivity index (χ2n) is 7.32. The highest BCUT2D eigenvalue weighted by Crippen LogP contribution is 2.26. The Morgan fingerprint density at radius 3 is 2.47 bits per heavy atom. The van der Waals surface area contributed by atoms with Crippen LogP contribution in [0.1, 0.15) is 34.3 Å². The molecule has 0 saturated carbocycles. The zero-order valence-electron chi connectivity index (χ0n) is 17.7.